The summed E-state index contributed by atoms with van der Waals surface area (Å²) < 4.78 is 0. The molecule has 0 fully saturated rings. The van der Waals surface area contributed by atoms with Gasteiger partial charge in [-0.3, -0.25) is 4.79 Å². The van der Waals surface area contributed by atoms with Crippen LogP contribution in [0.2, 0.25) is 0 Å². The molecule has 2 aromatic rings. The fourth-order valence-corrected chi connectivity index (χ4v) is 1.41. The van der Waals surface area contributed by atoms with Gasteiger partial charge in [-0.2, -0.15) is 0 Å². The van der Waals surface area contributed by atoms with Crippen molar-refractivity contribution < 1.29 is 14.7 Å². The number of benzene rings is 1. The fraction of sp³-hybridized carbons (Fsp3) is 0. The molecule has 1 aromatic heterocycles. The summed E-state index contributed by atoms with van der Waals surface area (Å²) in [6, 6.07) is 11.9. The predicted molar refractivity (Wildman–Crippen MR) is 73.1 cm³/mol. The number of hydrogen-bond donors (Lipinski definition) is 2. The van der Waals surface area contributed by atoms with Crippen molar-refractivity contribution in [2.24, 2.45) is 0 Å². The van der Waals surface area contributed by atoms with Gasteiger partial charge in [-0.25, -0.2) is 9.78 Å². The molecule has 0 bridgehead atoms. The lowest BCUT2D eigenvalue weighted by Gasteiger charge is -2.00. The van der Waals surface area contributed by atoms with Gasteiger partial charge in [0.2, 0.25) is 0 Å². The highest BCUT2D eigenvalue weighted by Gasteiger charge is 2.04. The number of carbonyl (C=O) groups excluding carboxylic acids is 1. The smallest absolute Gasteiger partial charge is 0.354 e. The van der Waals surface area contributed by atoms with Crippen LogP contribution in [0.5, 0.6) is 0 Å². The minimum absolute atomic E-state index is 0.0848. The number of pyridine rings is 1. The Morgan fingerprint density at radius 2 is 1.85 bits per heavy atom. The van der Waals surface area contributed by atoms with E-state index in [-0.39, 0.29) is 5.69 Å². The van der Waals surface area contributed by atoms with Gasteiger partial charge in [0.05, 0.1) is 11.9 Å². The van der Waals surface area contributed by atoms with Crippen LogP contribution in [-0.4, -0.2) is 22.0 Å². The number of nitrogens with zero attached hydrogens (tertiary/aromatic N) is 1. The van der Waals surface area contributed by atoms with E-state index in [1.54, 1.807) is 12.1 Å². The Kier molecular flexibility index (Phi) is 4.10. The maximum absolute atomic E-state index is 11.6. The van der Waals surface area contributed by atoms with Crippen LogP contribution in [0.1, 0.15) is 16.1 Å². The highest BCUT2D eigenvalue weighted by Crippen LogP contribution is 2.05. The molecule has 5 heteroatoms. The molecule has 5 nitrogen and oxygen atoms in total. The van der Waals surface area contributed by atoms with Crippen LogP contribution in [0.3, 0.4) is 0 Å². The average molecular weight is 266 g/mol. The van der Waals surface area contributed by atoms with Gasteiger partial charge in [-0.05, 0) is 24.3 Å². The standard InChI is InChI=1S/C15H10N2O3/c18-14(9-6-11-4-2-1-3-5-11)17-12-7-8-13(15(19)20)16-10-12/h1-5,7-8,10H,(H,17,18)(H,19,20). The topological polar surface area (TPSA) is 79.3 Å². The van der Waals surface area contributed by atoms with Crippen LogP contribution in [0.15, 0.2) is 48.7 Å². The lowest BCUT2D eigenvalue weighted by Crippen LogP contribution is -2.09. The number of carbonyl (C=O) groups is 2. The highest BCUT2D eigenvalue weighted by molar-refractivity contribution is 6.04. The molecule has 0 saturated heterocycles. The molecule has 2 N–H and O–H groups in total. The average Bonchev–Trinajstić information content (AvgIpc) is 2.47. The second-order valence-electron chi connectivity index (χ2n) is 3.81. The molecule has 1 heterocycles. The van der Waals surface area contributed by atoms with E-state index in [1.807, 2.05) is 18.2 Å². The van der Waals surface area contributed by atoms with Crippen LogP contribution in [0, 0.1) is 11.8 Å². The summed E-state index contributed by atoms with van der Waals surface area (Å²) in [6.45, 7) is 0. The molecule has 0 aliphatic heterocycles. The SMILES string of the molecule is O=C(C#Cc1ccccc1)Nc1ccc(C(=O)O)nc1. The zero-order valence-electron chi connectivity index (χ0n) is 10.3. The first kappa shape index (κ1) is 13.3. The normalized spacial score (nSPS) is 9.20. The quantitative estimate of drug-likeness (QED) is 0.812. The summed E-state index contributed by atoms with van der Waals surface area (Å²) in [6.07, 6.45) is 1.27. The minimum Gasteiger partial charge on any atom is -0.477 e. The molecular weight excluding hydrogens is 256 g/mol. The van der Waals surface area contributed by atoms with Crippen molar-refractivity contribution in [3.05, 3.63) is 59.9 Å². The first-order valence-corrected chi connectivity index (χ1v) is 5.72. The predicted octanol–water partition coefficient (Wildman–Crippen LogP) is 1.77. The Hall–Kier alpha value is -3.13. The van der Waals surface area contributed by atoms with E-state index in [4.69, 9.17) is 5.11 Å². The molecule has 2 rings (SSSR count). The van der Waals surface area contributed by atoms with E-state index in [9.17, 15) is 9.59 Å². The van der Waals surface area contributed by atoms with Crippen LogP contribution in [0.4, 0.5) is 5.69 Å². The molecule has 0 radical (unpaired) electrons. The summed E-state index contributed by atoms with van der Waals surface area (Å²) in [5.74, 6) is 3.55. The van der Waals surface area contributed by atoms with Crippen molar-refractivity contribution >= 4 is 17.6 Å². The van der Waals surface area contributed by atoms with Crippen molar-refractivity contribution in [2.75, 3.05) is 5.32 Å². The molecule has 0 atom stereocenters. The molecule has 0 aliphatic rings. The van der Waals surface area contributed by atoms with Gasteiger partial charge in [0.1, 0.15) is 5.69 Å². The largest absolute Gasteiger partial charge is 0.477 e. The second kappa shape index (κ2) is 6.16. The van der Waals surface area contributed by atoms with Crippen molar-refractivity contribution in [3.63, 3.8) is 0 Å². The van der Waals surface area contributed by atoms with Crippen LogP contribution in [-0.2, 0) is 4.79 Å². The van der Waals surface area contributed by atoms with E-state index in [0.717, 1.165) is 5.56 Å². The number of amides is 1. The second-order valence-corrected chi connectivity index (χ2v) is 3.81. The summed E-state index contributed by atoms with van der Waals surface area (Å²) in [7, 11) is 0. The molecular formula is C15H10N2O3. The first-order valence-electron chi connectivity index (χ1n) is 5.72. The van der Waals surface area contributed by atoms with Crippen molar-refractivity contribution in [3.8, 4) is 11.8 Å². The Morgan fingerprint density at radius 1 is 1.10 bits per heavy atom. The number of aromatic carboxylic acids is 1. The molecule has 1 amide bonds. The van der Waals surface area contributed by atoms with Crippen molar-refractivity contribution in [1.29, 1.82) is 0 Å². The molecule has 0 saturated carbocycles. The summed E-state index contributed by atoms with van der Waals surface area (Å²) in [4.78, 5) is 25.9. The molecule has 1 aromatic carbocycles. The molecule has 0 spiro atoms. The van der Waals surface area contributed by atoms with Gasteiger partial charge in [-0.1, -0.05) is 24.1 Å². The van der Waals surface area contributed by atoms with Crippen LogP contribution < -0.4 is 5.32 Å². The lowest BCUT2D eigenvalue weighted by molar-refractivity contribution is -0.111. The number of carboxylic acids is 1. The summed E-state index contributed by atoms with van der Waals surface area (Å²) in [5.41, 5.74) is 1.04. The third-order valence-corrected chi connectivity index (χ3v) is 2.33. The Labute approximate surface area is 115 Å². The maximum Gasteiger partial charge on any atom is 0.354 e. The zero-order valence-corrected chi connectivity index (χ0v) is 10.3. The number of anilines is 1. The highest BCUT2D eigenvalue weighted by atomic mass is 16.4. The zero-order chi connectivity index (χ0) is 14.4. The van der Waals surface area contributed by atoms with E-state index in [1.165, 1.54) is 18.3 Å². The molecule has 20 heavy (non-hydrogen) atoms. The summed E-state index contributed by atoms with van der Waals surface area (Å²) in [5, 5.41) is 11.2. The van der Waals surface area contributed by atoms with Crippen molar-refractivity contribution in [2.45, 2.75) is 0 Å². The van der Waals surface area contributed by atoms with Crippen molar-refractivity contribution in [1.82, 2.24) is 4.98 Å². The van der Waals surface area contributed by atoms with E-state index in [2.05, 4.69) is 22.1 Å². The van der Waals surface area contributed by atoms with E-state index in [0.29, 0.717) is 5.69 Å². The third kappa shape index (κ3) is 3.68. The summed E-state index contributed by atoms with van der Waals surface area (Å²) >= 11 is 0. The number of aromatic nitrogens is 1. The lowest BCUT2D eigenvalue weighted by atomic mass is 10.2. The van der Waals surface area contributed by atoms with Crippen LogP contribution in [0.25, 0.3) is 0 Å². The number of hydrogen-bond acceptors (Lipinski definition) is 3. The number of rotatable bonds is 2. The molecule has 0 unspecified atom stereocenters. The Morgan fingerprint density at radius 3 is 2.45 bits per heavy atom. The Balaban J connectivity index is 2.02. The van der Waals surface area contributed by atoms with Gasteiger partial charge >= 0.3 is 11.9 Å². The van der Waals surface area contributed by atoms with E-state index >= 15 is 0 Å². The molecule has 98 valence electrons. The van der Waals surface area contributed by atoms with Gasteiger partial charge in [-0.15, -0.1) is 0 Å². The van der Waals surface area contributed by atoms with Gasteiger partial charge in [0, 0.05) is 11.5 Å². The first-order chi connectivity index (χ1) is 9.65. The number of nitrogens with one attached hydrogen (secondary N) is 1. The third-order valence-electron chi connectivity index (χ3n) is 2.33. The minimum atomic E-state index is -1.12. The number of carboxylic acid groups (broad SMARTS) is 1. The van der Waals surface area contributed by atoms with E-state index < -0.39 is 11.9 Å². The van der Waals surface area contributed by atoms with Gasteiger partial charge < -0.3 is 10.4 Å². The van der Waals surface area contributed by atoms with Gasteiger partial charge in [0.15, 0.2) is 0 Å². The fourth-order valence-electron chi connectivity index (χ4n) is 1.41. The van der Waals surface area contributed by atoms with Gasteiger partial charge in [0.25, 0.3) is 0 Å². The Bertz CT molecular complexity index is 683. The monoisotopic (exact) mass is 266 g/mol. The molecule has 0 aliphatic carbocycles. The maximum atomic E-state index is 11.6. The van der Waals surface area contributed by atoms with Crippen LogP contribution >= 0.6 is 0 Å².